The number of nitro groups is 1. The van der Waals surface area contributed by atoms with E-state index in [1.54, 1.807) is 37.3 Å². The third-order valence-corrected chi connectivity index (χ3v) is 3.93. The van der Waals surface area contributed by atoms with E-state index in [9.17, 15) is 14.9 Å². The second-order valence-corrected chi connectivity index (χ2v) is 5.62. The molecule has 0 saturated heterocycles. The number of carbonyl (C=O) groups is 1. The van der Waals surface area contributed by atoms with Crippen LogP contribution in [-0.4, -0.2) is 23.7 Å². The molecule has 0 spiro atoms. The summed E-state index contributed by atoms with van der Waals surface area (Å²) < 4.78 is 5.60. The highest BCUT2D eigenvalue weighted by atomic mass is 79.9. The molecule has 2 aromatic carbocycles. The van der Waals surface area contributed by atoms with Gasteiger partial charge in [-0.1, -0.05) is 12.1 Å². The molecule has 0 aliphatic carbocycles. The second-order valence-electron chi connectivity index (χ2n) is 4.76. The summed E-state index contributed by atoms with van der Waals surface area (Å²) in [6.45, 7) is 1.64. The van der Waals surface area contributed by atoms with Gasteiger partial charge in [0, 0.05) is 16.1 Å². The SMILES string of the molecule is COc1ccc(/C(C)=N/NC(=O)c2ccccc2Br)cc1[N+](=O)[O-]. The van der Waals surface area contributed by atoms with Gasteiger partial charge in [-0.05, 0) is 47.1 Å². The van der Waals surface area contributed by atoms with Crippen LogP contribution in [0.15, 0.2) is 52.0 Å². The van der Waals surface area contributed by atoms with E-state index in [1.165, 1.54) is 19.2 Å². The Kier molecular flexibility index (Phi) is 5.64. The Morgan fingerprint density at radius 1 is 1.29 bits per heavy atom. The molecule has 2 rings (SSSR count). The summed E-state index contributed by atoms with van der Waals surface area (Å²) >= 11 is 3.29. The minimum Gasteiger partial charge on any atom is -0.490 e. The lowest BCUT2D eigenvalue weighted by Crippen LogP contribution is -2.19. The van der Waals surface area contributed by atoms with Crippen LogP contribution in [0.25, 0.3) is 0 Å². The zero-order chi connectivity index (χ0) is 17.7. The summed E-state index contributed by atoms with van der Waals surface area (Å²) in [5, 5.41) is 15.1. The summed E-state index contributed by atoms with van der Waals surface area (Å²) in [5.74, 6) is -0.223. The number of ether oxygens (including phenoxy) is 1. The molecule has 8 heteroatoms. The number of benzene rings is 2. The Balaban J connectivity index is 2.22. The molecule has 124 valence electrons. The fourth-order valence-electron chi connectivity index (χ4n) is 1.96. The first-order valence-electron chi connectivity index (χ1n) is 6.86. The van der Waals surface area contributed by atoms with Crippen molar-refractivity contribution in [1.29, 1.82) is 0 Å². The number of nitrogens with zero attached hydrogens (tertiary/aromatic N) is 2. The van der Waals surface area contributed by atoms with Crippen LogP contribution in [0.3, 0.4) is 0 Å². The molecule has 0 fully saturated rings. The van der Waals surface area contributed by atoms with Gasteiger partial charge in [0.15, 0.2) is 5.75 Å². The predicted octanol–water partition coefficient (Wildman–Crippen LogP) is 3.52. The van der Waals surface area contributed by atoms with Crippen molar-refractivity contribution in [3.63, 3.8) is 0 Å². The van der Waals surface area contributed by atoms with Crippen LogP contribution < -0.4 is 10.2 Å². The van der Waals surface area contributed by atoms with Gasteiger partial charge in [-0.2, -0.15) is 5.10 Å². The van der Waals surface area contributed by atoms with Gasteiger partial charge in [-0.3, -0.25) is 14.9 Å². The number of amides is 1. The largest absolute Gasteiger partial charge is 0.490 e. The maximum atomic E-state index is 12.1. The van der Waals surface area contributed by atoms with Crippen molar-refractivity contribution in [3.8, 4) is 5.75 Å². The summed E-state index contributed by atoms with van der Waals surface area (Å²) in [5.41, 5.74) is 3.65. The molecule has 0 unspecified atom stereocenters. The molecule has 0 heterocycles. The number of halogens is 1. The third kappa shape index (κ3) is 3.96. The number of hydrogen-bond donors (Lipinski definition) is 1. The lowest BCUT2D eigenvalue weighted by molar-refractivity contribution is -0.385. The summed E-state index contributed by atoms with van der Waals surface area (Å²) in [6, 6.07) is 11.4. The minimum absolute atomic E-state index is 0.161. The molecule has 0 aliphatic rings. The highest BCUT2D eigenvalue weighted by Crippen LogP contribution is 2.27. The maximum Gasteiger partial charge on any atom is 0.311 e. The lowest BCUT2D eigenvalue weighted by atomic mass is 10.1. The fraction of sp³-hybridized carbons (Fsp3) is 0.125. The third-order valence-electron chi connectivity index (χ3n) is 3.24. The highest BCUT2D eigenvalue weighted by molar-refractivity contribution is 9.10. The molecule has 0 aromatic heterocycles. The summed E-state index contributed by atoms with van der Waals surface area (Å²) in [6.07, 6.45) is 0. The van der Waals surface area contributed by atoms with Gasteiger partial charge >= 0.3 is 5.69 Å². The normalized spacial score (nSPS) is 11.0. The minimum atomic E-state index is -0.532. The fourth-order valence-corrected chi connectivity index (χ4v) is 2.43. The van der Waals surface area contributed by atoms with E-state index < -0.39 is 4.92 Å². The van der Waals surface area contributed by atoms with Crippen molar-refractivity contribution in [2.45, 2.75) is 6.92 Å². The first-order chi connectivity index (χ1) is 11.4. The molecule has 0 atom stereocenters. The molecule has 0 saturated carbocycles. The topological polar surface area (TPSA) is 93.8 Å². The average molecular weight is 392 g/mol. The number of nitro benzene ring substituents is 1. The Labute approximate surface area is 146 Å². The number of hydrogen-bond acceptors (Lipinski definition) is 5. The molecule has 0 bridgehead atoms. The van der Waals surface area contributed by atoms with Crippen LogP contribution in [0, 0.1) is 10.1 Å². The Morgan fingerprint density at radius 2 is 2.00 bits per heavy atom. The predicted molar refractivity (Wildman–Crippen MR) is 93.5 cm³/mol. The Morgan fingerprint density at radius 3 is 2.62 bits per heavy atom. The number of rotatable bonds is 5. The van der Waals surface area contributed by atoms with Crippen LogP contribution in [0.5, 0.6) is 5.75 Å². The van der Waals surface area contributed by atoms with E-state index in [1.807, 2.05) is 0 Å². The van der Waals surface area contributed by atoms with Crippen LogP contribution in [0.1, 0.15) is 22.8 Å². The average Bonchev–Trinajstić information content (AvgIpc) is 2.59. The highest BCUT2D eigenvalue weighted by Gasteiger charge is 2.16. The summed E-state index contributed by atoms with van der Waals surface area (Å²) in [7, 11) is 1.36. The van der Waals surface area contributed by atoms with Gasteiger partial charge in [0.1, 0.15) is 0 Å². The van der Waals surface area contributed by atoms with E-state index >= 15 is 0 Å². The number of nitrogens with one attached hydrogen (secondary N) is 1. The monoisotopic (exact) mass is 391 g/mol. The van der Waals surface area contributed by atoms with Crippen molar-refractivity contribution < 1.29 is 14.5 Å². The van der Waals surface area contributed by atoms with Crippen LogP contribution >= 0.6 is 15.9 Å². The molecule has 1 amide bonds. The molecule has 24 heavy (non-hydrogen) atoms. The van der Waals surface area contributed by atoms with Gasteiger partial charge < -0.3 is 4.74 Å². The van der Waals surface area contributed by atoms with Crippen molar-refractivity contribution in [3.05, 3.63) is 68.2 Å². The molecule has 2 aromatic rings. The summed E-state index contributed by atoms with van der Waals surface area (Å²) in [4.78, 5) is 22.6. The standard InChI is InChI=1S/C16H14BrN3O4/c1-10(11-7-8-15(24-2)14(9-11)20(22)23)18-19-16(21)12-5-3-4-6-13(12)17/h3-9H,1-2H3,(H,19,21)/b18-10+. The van der Waals surface area contributed by atoms with Gasteiger partial charge in [0.25, 0.3) is 5.91 Å². The van der Waals surface area contributed by atoms with Crippen molar-refractivity contribution >= 4 is 33.2 Å². The molecule has 0 radical (unpaired) electrons. The first-order valence-corrected chi connectivity index (χ1v) is 7.65. The van der Waals surface area contributed by atoms with Crippen LogP contribution in [-0.2, 0) is 0 Å². The smallest absolute Gasteiger partial charge is 0.311 e. The molecular weight excluding hydrogens is 378 g/mol. The Bertz CT molecular complexity index is 821. The van der Waals surface area contributed by atoms with Gasteiger partial charge in [0.05, 0.1) is 23.3 Å². The molecule has 7 nitrogen and oxygen atoms in total. The van der Waals surface area contributed by atoms with Gasteiger partial charge in [-0.25, -0.2) is 5.43 Å². The van der Waals surface area contributed by atoms with E-state index in [0.717, 1.165) is 0 Å². The van der Waals surface area contributed by atoms with E-state index in [2.05, 4.69) is 26.5 Å². The number of carbonyl (C=O) groups excluding carboxylic acids is 1. The quantitative estimate of drug-likeness (QED) is 0.479. The maximum absolute atomic E-state index is 12.1. The van der Waals surface area contributed by atoms with Crippen LogP contribution in [0.2, 0.25) is 0 Å². The van der Waals surface area contributed by atoms with Gasteiger partial charge in [-0.15, -0.1) is 0 Å². The van der Waals surface area contributed by atoms with Gasteiger partial charge in [0.2, 0.25) is 0 Å². The zero-order valence-corrected chi connectivity index (χ0v) is 14.5. The van der Waals surface area contributed by atoms with E-state index in [4.69, 9.17) is 4.74 Å². The van der Waals surface area contributed by atoms with E-state index in [0.29, 0.717) is 21.3 Å². The van der Waals surface area contributed by atoms with Crippen LogP contribution in [0.4, 0.5) is 5.69 Å². The number of hydrazone groups is 1. The second kappa shape index (κ2) is 7.69. The Hall–Kier alpha value is -2.74. The number of methoxy groups -OCH3 is 1. The van der Waals surface area contributed by atoms with E-state index in [-0.39, 0.29) is 17.3 Å². The molecule has 1 N–H and O–H groups in total. The molecule has 0 aliphatic heterocycles. The zero-order valence-electron chi connectivity index (χ0n) is 12.9. The van der Waals surface area contributed by atoms with Crippen molar-refractivity contribution in [2.75, 3.05) is 7.11 Å². The molecular formula is C16H14BrN3O4. The van der Waals surface area contributed by atoms with Crippen molar-refractivity contribution in [1.82, 2.24) is 5.43 Å². The van der Waals surface area contributed by atoms with Crippen molar-refractivity contribution in [2.24, 2.45) is 5.10 Å². The lowest BCUT2D eigenvalue weighted by Gasteiger charge is -2.06. The first kappa shape index (κ1) is 17.6.